The average molecular weight is 257 g/mol. The molecule has 0 bridgehead atoms. The smallest absolute Gasteiger partial charge is 0.325 e. The normalized spacial score (nSPS) is 12.1. The number of carbonyl (C=O) groups is 2. The predicted molar refractivity (Wildman–Crippen MR) is 72.1 cm³/mol. The summed E-state index contributed by atoms with van der Waals surface area (Å²) in [5.74, 6) is -0.598. The predicted octanol–water partition coefficient (Wildman–Crippen LogP) is 2.52. The van der Waals surface area contributed by atoms with E-state index in [4.69, 9.17) is 4.74 Å². The lowest BCUT2D eigenvalue weighted by Gasteiger charge is -2.39. The van der Waals surface area contributed by atoms with Crippen molar-refractivity contribution in [1.29, 1.82) is 0 Å². The van der Waals surface area contributed by atoms with Crippen LogP contribution in [0.5, 0.6) is 0 Å². The fourth-order valence-corrected chi connectivity index (χ4v) is 1.32. The molecule has 4 nitrogen and oxygen atoms in total. The minimum Gasteiger partial charge on any atom is -0.464 e. The second-order valence-electron chi connectivity index (χ2n) is 6.37. The first kappa shape index (κ1) is 16.9. The van der Waals surface area contributed by atoms with Gasteiger partial charge in [0.15, 0.2) is 0 Å². The van der Waals surface area contributed by atoms with Crippen molar-refractivity contribution in [3.8, 4) is 0 Å². The Labute approximate surface area is 110 Å². The van der Waals surface area contributed by atoms with Gasteiger partial charge in [-0.15, -0.1) is 0 Å². The van der Waals surface area contributed by atoms with E-state index in [1.54, 1.807) is 0 Å². The maximum absolute atomic E-state index is 11.2. The van der Waals surface area contributed by atoms with Crippen LogP contribution in [-0.2, 0) is 14.3 Å². The first-order chi connectivity index (χ1) is 8.06. The molecule has 0 atom stereocenters. The number of hydrogen-bond donors (Lipinski definition) is 1. The third kappa shape index (κ3) is 6.62. The summed E-state index contributed by atoms with van der Waals surface area (Å²) in [7, 11) is 0. The van der Waals surface area contributed by atoms with Crippen molar-refractivity contribution in [3.63, 3.8) is 0 Å². The van der Waals surface area contributed by atoms with Gasteiger partial charge in [0.1, 0.15) is 6.54 Å². The van der Waals surface area contributed by atoms with Gasteiger partial charge in [0.25, 0.3) is 0 Å². The van der Waals surface area contributed by atoms with Crippen molar-refractivity contribution in [2.24, 2.45) is 10.8 Å². The highest BCUT2D eigenvalue weighted by molar-refractivity contribution is 5.80. The maximum Gasteiger partial charge on any atom is 0.325 e. The van der Waals surface area contributed by atoms with Crippen LogP contribution in [0.1, 0.15) is 54.4 Å². The highest BCUT2D eigenvalue weighted by Crippen LogP contribution is 2.41. The highest BCUT2D eigenvalue weighted by Gasteiger charge is 2.31. The molecule has 0 aromatic heterocycles. The lowest BCUT2D eigenvalue weighted by atomic mass is 9.67. The molecule has 0 saturated heterocycles. The summed E-state index contributed by atoms with van der Waals surface area (Å²) in [6.45, 7) is 12.9. The summed E-state index contributed by atoms with van der Waals surface area (Å²) < 4.78 is 5.05. The Bertz CT molecular complexity index is 290. The van der Waals surface area contributed by atoms with Gasteiger partial charge in [0.05, 0.1) is 6.61 Å². The molecular weight excluding hydrogens is 230 g/mol. The second-order valence-corrected chi connectivity index (χ2v) is 6.37. The summed E-state index contributed by atoms with van der Waals surface area (Å²) in [5.41, 5.74) is 0.435. The lowest BCUT2D eigenvalue weighted by Crippen LogP contribution is -2.31. The number of esters is 1. The van der Waals surface area contributed by atoms with Gasteiger partial charge in [0, 0.05) is 6.92 Å². The molecule has 0 aromatic rings. The molecule has 1 amide bonds. The summed E-state index contributed by atoms with van der Waals surface area (Å²) in [5, 5.41) is 2.41. The Morgan fingerprint density at radius 2 is 1.67 bits per heavy atom. The van der Waals surface area contributed by atoms with E-state index >= 15 is 0 Å². The van der Waals surface area contributed by atoms with Crippen molar-refractivity contribution >= 4 is 11.9 Å². The molecule has 0 rings (SSSR count). The molecule has 0 aliphatic rings. The molecule has 0 aliphatic carbocycles. The molecule has 0 fully saturated rings. The van der Waals surface area contributed by atoms with Gasteiger partial charge in [-0.1, -0.05) is 34.6 Å². The zero-order chi connectivity index (χ0) is 14.4. The van der Waals surface area contributed by atoms with Gasteiger partial charge in [0.2, 0.25) is 5.91 Å². The van der Waals surface area contributed by atoms with Gasteiger partial charge in [-0.05, 0) is 23.7 Å². The summed E-state index contributed by atoms with van der Waals surface area (Å²) in [4.78, 5) is 21.8. The molecule has 0 aromatic carbocycles. The monoisotopic (exact) mass is 257 g/mol. The first-order valence-corrected chi connectivity index (χ1v) is 6.46. The van der Waals surface area contributed by atoms with Crippen molar-refractivity contribution in [2.45, 2.75) is 54.4 Å². The molecule has 4 heteroatoms. The van der Waals surface area contributed by atoms with Crippen LogP contribution in [0, 0.1) is 10.8 Å². The average Bonchev–Trinajstić information content (AvgIpc) is 2.19. The maximum atomic E-state index is 11.2. The minimum atomic E-state index is -0.376. The topological polar surface area (TPSA) is 55.4 Å². The Hall–Kier alpha value is -1.06. The van der Waals surface area contributed by atoms with Crippen LogP contribution in [0.15, 0.2) is 0 Å². The fourth-order valence-electron chi connectivity index (χ4n) is 1.32. The van der Waals surface area contributed by atoms with Crippen LogP contribution in [0.4, 0.5) is 0 Å². The number of rotatable bonds is 6. The van der Waals surface area contributed by atoms with Gasteiger partial charge < -0.3 is 10.1 Å². The van der Waals surface area contributed by atoms with Crippen molar-refractivity contribution in [2.75, 3.05) is 13.2 Å². The highest BCUT2D eigenvalue weighted by atomic mass is 16.5. The quantitative estimate of drug-likeness (QED) is 0.587. The van der Waals surface area contributed by atoms with Crippen LogP contribution in [-0.4, -0.2) is 25.0 Å². The summed E-state index contributed by atoms with van der Waals surface area (Å²) >= 11 is 0. The molecule has 0 heterocycles. The van der Waals surface area contributed by atoms with Crippen LogP contribution in [0.2, 0.25) is 0 Å². The Morgan fingerprint density at radius 1 is 1.11 bits per heavy atom. The third-order valence-corrected chi connectivity index (χ3v) is 3.72. The molecule has 1 N–H and O–H groups in total. The van der Waals surface area contributed by atoms with Crippen molar-refractivity contribution < 1.29 is 14.3 Å². The van der Waals surface area contributed by atoms with Crippen LogP contribution in [0.3, 0.4) is 0 Å². The van der Waals surface area contributed by atoms with Gasteiger partial charge in [-0.25, -0.2) is 0 Å². The molecular formula is C14H27NO3. The molecule has 0 aliphatic heterocycles. The third-order valence-electron chi connectivity index (χ3n) is 3.72. The number of carbonyl (C=O) groups excluding carboxylic acids is 2. The van der Waals surface area contributed by atoms with Crippen LogP contribution in [0.25, 0.3) is 0 Å². The zero-order valence-corrected chi connectivity index (χ0v) is 12.6. The van der Waals surface area contributed by atoms with E-state index < -0.39 is 0 Å². The van der Waals surface area contributed by atoms with Gasteiger partial charge in [-0.3, -0.25) is 9.59 Å². The van der Waals surface area contributed by atoms with E-state index in [0.29, 0.717) is 6.61 Å². The minimum absolute atomic E-state index is 0.0437. The Morgan fingerprint density at radius 3 is 2.11 bits per heavy atom. The number of ether oxygens (including phenoxy) is 1. The summed E-state index contributed by atoms with van der Waals surface area (Å²) in [6, 6.07) is 0. The summed E-state index contributed by atoms with van der Waals surface area (Å²) in [6.07, 6.45) is 1.85. The van der Waals surface area contributed by atoms with Gasteiger partial charge >= 0.3 is 5.97 Å². The molecule has 18 heavy (non-hydrogen) atoms. The molecule has 106 valence electrons. The van der Waals surface area contributed by atoms with E-state index in [1.165, 1.54) is 6.92 Å². The molecule has 0 radical (unpaired) electrons. The van der Waals surface area contributed by atoms with E-state index in [2.05, 4.69) is 39.9 Å². The Kier molecular flexibility index (Phi) is 6.36. The van der Waals surface area contributed by atoms with Crippen molar-refractivity contribution in [3.05, 3.63) is 0 Å². The zero-order valence-electron chi connectivity index (χ0n) is 12.6. The van der Waals surface area contributed by atoms with Crippen molar-refractivity contribution in [1.82, 2.24) is 5.32 Å². The standard InChI is InChI=1S/C14H27NO3/c1-11(16)15-10-12(17)18-9-7-8-14(5,6)13(2,3)4/h7-10H2,1-6H3,(H,15,16). The van der Waals surface area contributed by atoms with E-state index in [9.17, 15) is 9.59 Å². The SMILES string of the molecule is CC(=O)NCC(=O)OCCCC(C)(C)C(C)(C)C. The lowest BCUT2D eigenvalue weighted by molar-refractivity contribution is -0.144. The van der Waals surface area contributed by atoms with Crippen LogP contribution < -0.4 is 5.32 Å². The molecule has 0 spiro atoms. The van der Waals surface area contributed by atoms with E-state index in [0.717, 1.165) is 12.8 Å². The van der Waals surface area contributed by atoms with E-state index in [-0.39, 0.29) is 29.3 Å². The number of hydrogen-bond acceptors (Lipinski definition) is 3. The number of amides is 1. The van der Waals surface area contributed by atoms with Crippen LogP contribution >= 0.6 is 0 Å². The second kappa shape index (κ2) is 6.76. The largest absolute Gasteiger partial charge is 0.464 e. The molecule has 0 unspecified atom stereocenters. The Balaban J connectivity index is 3.80. The molecule has 0 saturated carbocycles. The fraction of sp³-hybridized carbons (Fsp3) is 0.857. The van der Waals surface area contributed by atoms with Gasteiger partial charge in [-0.2, -0.15) is 0 Å². The van der Waals surface area contributed by atoms with E-state index in [1.807, 2.05) is 0 Å². The number of nitrogens with one attached hydrogen (secondary N) is 1. The first-order valence-electron chi connectivity index (χ1n) is 6.46.